The van der Waals surface area contributed by atoms with E-state index in [1.165, 1.54) is 0 Å². The predicted molar refractivity (Wildman–Crippen MR) is 45.6 cm³/mol. The van der Waals surface area contributed by atoms with Gasteiger partial charge in [0.15, 0.2) is 0 Å². The van der Waals surface area contributed by atoms with Gasteiger partial charge in [-0.2, -0.15) is 5.26 Å². The van der Waals surface area contributed by atoms with Gasteiger partial charge in [0.25, 0.3) is 0 Å². The van der Waals surface area contributed by atoms with Gasteiger partial charge in [-0.15, -0.1) is 0 Å². The SMILES string of the molecule is CCCCCOC(C=O)CC#N. The Morgan fingerprint density at radius 2 is 2.33 bits per heavy atom. The summed E-state index contributed by atoms with van der Waals surface area (Å²) in [7, 11) is 0. The van der Waals surface area contributed by atoms with Crippen molar-refractivity contribution in [3.63, 3.8) is 0 Å². The summed E-state index contributed by atoms with van der Waals surface area (Å²) in [4.78, 5) is 10.3. The summed E-state index contributed by atoms with van der Waals surface area (Å²) < 4.78 is 5.14. The number of hydrogen-bond donors (Lipinski definition) is 0. The van der Waals surface area contributed by atoms with Crippen molar-refractivity contribution in [3.05, 3.63) is 0 Å². The van der Waals surface area contributed by atoms with Crippen molar-refractivity contribution in [2.24, 2.45) is 0 Å². The Hall–Kier alpha value is -0.880. The van der Waals surface area contributed by atoms with Crippen molar-refractivity contribution in [1.82, 2.24) is 0 Å². The summed E-state index contributed by atoms with van der Waals surface area (Å²) in [5.74, 6) is 0. The molecule has 3 nitrogen and oxygen atoms in total. The van der Waals surface area contributed by atoms with E-state index in [0.717, 1.165) is 19.3 Å². The fraction of sp³-hybridized carbons (Fsp3) is 0.778. The van der Waals surface area contributed by atoms with Crippen molar-refractivity contribution in [3.8, 4) is 6.07 Å². The van der Waals surface area contributed by atoms with E-state index in [0.29, 0.717) is 12.9 Å². The lowest BCUT2D eigenvalue weighted by molar-refractivity contribution is -0.117. The van der Waals surface area contributed by atoms with Crippen LogP contribution in [0.5, 0.6) is 0 Å². The quantitative estimate of drug-likeness (QED) is 0.430. The van der Waals surface area contributed by atoms with Crippen LogP contribution in [0.4, 0.5) is 0 Å². The van der Waals surface area contributed by atoms with E-state index < -0.39 is 6.10 Å². The number of unbranched alkanes of at least 4 members (excludes halogenated alkanes) is 2. The van der Waals surface area contributed by atoms with Gasteiger partial charge in [-0.3, -0.25) is 0 Å². The second kappa shape index (κ2) is 8.22. The molecule has 0 saturated heterocycles. The Morgan fingerprint density at radius 3 is 2.83 bits per heavy atom. The molecule has 1 unspecified atom stereocenters. The summed E-state index contributed by atoms with van der Waals surface area (Å²) in [6.45, 7) is 2.69. The monoisotopic (exact) mass is 169 g/mol. The third-order valence-corrected chi connectivity index (χ3v) is 1.52. The largest absolute Gasteiger partial charge is 0.370 e. The Bertz CT molecular complexity index is 151. The van der Waals surface area contributed by atoms with E-state index in [9.17, 15) is 4.79 Å². The van der Waals surface area contributed by atoms with E-state index in [-0.39, 0.29) is 6.42 Å². The standard InChI is InChI=1S/C9H15NO2/c1-2-3-4-7-12-9(8-11)5-6-10/h8-9H,2-5,7H2,1H3. The lowest BCUT2D eigenvalue weighted by atomic mass is 10.2. The second-order valence-corrected chi connectivity index (χ2v) is 2.61. The summed E-state index contributed by atoms with van der Waals surface area (Å²) in [5.41, 5.74) is 0. The molecule has 3 heteroatoms. The first kappa shape index (κ1) is 11.1. The van der Waals surface area contributed by atoms with Gasteiger partial charge in [-0.25, -0.2) is 0 Å². The molecule has 0 aliphatic rings. The van der Waals surface area contributed by atoms with E-state index in [1.54, 1.807) is 0 Å². The van der Waals surface area contributed by atoms with Crippen LogP contribution in [0, 0.1) is 11.3 Å². The smallest absolute Gasteiger partial charge is 0.149 e. The number of ether oxygens (including phenoxy) is 1. The van der Waals surface area contributed by atoms with Crippen LogP contribution in [-0.4, -0.2) is 19.0 Å². The highest BCUT2D eigenvalue weighted by Gasteiger charge is 2.05. The van der Waals surface area contributed by atoms with Crippen LogP contribution < -0.4 is 0 Å². The average molecular weight is 169 g/mol. The van der Waals surface area contributed by atoms with Crippen molar-refractivity contribution in [2.75, 3.05) is 6.61 Å². The molecule has 68 valence electrons. The van der Waals surface area contributed by atoms with E-state index in [4.69, 9.17) is 10.00 Å². The molecule has 0 fully saturated rings. The Labute approximate surface area is 73.3 Å². The zero-order valence-corrected chi connectivity index (χ0v) is 7.45. The molecule has 1 atom stereocenters. The summed E-state index contributed by atoms with van der Waals surface area (Å²) >= 11 is 0. The van der Waals surface area contributed by atoms with Gasteiger partial charge in [0.05, 0.1) is 12.5 Å². The number of rotatable bonds is 7. The van der Waals surface area contributed by atoms with Gasteiger partial charge < -0.3 is 9.53 Å². The van der Waals surface area contributed by atoms with Gasteiger partial charge in [0.2, 0.25) is 0 Å². The fourth-order valence-corrected chi connectivity index (χ4v) is 0.823. The van der Waals surface area contributed by atoms with Crippen LogP contribution in [0.25, 0.3) is 0 Å². The molecule has 0 aromatic rings. The minimum atomic E-state index is -0.521. The van der Waals surface area contributed by atoms with E-state index in [2.05, 4.69) is 6.92 Å². The minimum absolute atomic E-state index is 0.162. The van der Waals surface area contributed by atoms with Crippen LogP contribution in [-0.2, 0) is 9.53 Å². The maximum Gasteiger partial charge on any atom is 0.149 e. The number of hydrogen-bond acceptors (Lipinski definition) is 3. The molecule has 0 aromatic heterocycles. The molecule has 0 aliphatic heterocycles. The summed E-state index contributed by atoms with van der Waals surface area (Å²) in [6.07, 6.45) is 3.54. The van der Waals surface area contributed by atoms with Crippen LogP contribution in [0.15, 0.2) is 0 Å². The van der Waals surface area contributed by atoms with E-state index >= 15 is 0 Å². The lowest BCUT2D eigenvalue weighted by Crippen LogP contribution is -2.14. The van der Waals surface area contributed by atoms with Gasteiger partial charge in [-0.05, 0) is 6.42 Å². The Balaban J connectivity index is 3.33. The third-order valence-electron chi connectivity index (χ3n) is 1.52. The predicted octanol–water partition coefficient (Wildman–Crippen LogP) is 1.67. The lowest BCUT2D eigenvalue weighted by Gasteiger charge is -2.06. The van der Waals surface area contributed by atoms with Crippen molar-refractivity contribution in [1.29, 1.82) is 5.26 Å². The number of nitriles is 1. The first-order valence-corrected chi connectivity index (χ1v) is 4.29. The van der Waals surface area contributed by atoms with Crippen molar-refractivity contribution < 1.29 is 9.53 Å². The third kappa shape index (κ3) is 5.87. The van der Waals surface area contributed by atoms with E-state index in [1.807, 2.05) is 6.07 Å². The molecule has 0 N–H and O–H groups in total. The zero-order valence-electron chi connectivity index (χ0n) is 7.45. The summed E-state index contributed by atoms with van der Waals surface area (Å²) in [6, 6.07) is 1.90. The van der Waals surface area contributed by atoms with Crippen molar-refractivity contribution >= 4 is 6.29 Å². The average Bonchev–Trinajstić information content (AvgIpc) is 2.10. The maximum atomic E-state index is 10.3. The molecule has 0 bridgehead atoms. The highest BCUT2D eigenvalue weighted by atomic mass is 16.5. The summed E-state index contributed by atoms with van der Waals surface area (Å²) in [5, 5.41) is 8.28. The Kier molecular flexibility index (Phi) is 7.62. The molecule has 0 amide bonds. The molecular formula is C9H15NO2. The maximum absolute atomic E-state index is 10.3. The van der Waals surface area contributed by atoms with Crippen LogP contribution in [0.2, 0.25) is 0 Å². The van der Waals surface area contributed by atoms with Gasteiger partial charge in [0.1, 0.15) is 12.4 Å². The number of aldehydes is 1. The topological polar surface area (TPSA) is 50.1 Å². The molecular weight excluding hydrogens is 154 g/mol. The first-order valence-electron chi connectivity index (χ1n) is 4.29. The highest BCUT2D eigenvalue weighted by Crippen LogP contribution is 1.99. The van der Waals surface area contributed by atoms with Gasteiger partial charge in [0, 0.05) is 6.61 Å². The minimum Gasteiger partial charge on any atom is -0.370 e. The molecule has 0 heterocycles. The first-order chi connectivity index (χ1) is 5.85. The fourth-order valence-electron chi connectivity index (χ4n) is 0.823. The second-order valence-electron chi connectivity index (χ2n) is 2.61. The van der Waals surface area contributed by atoms with Gasteiger partial charge >= 0.3 is 0 Å². The number of carbonyl (C=O) groups is 1. The zero-order chi connectivity index (χ0) is 9.23. The van der Waals surface area contributed by atoms with Crippen molar-refractivity contribution in [2.45, 2.75) is 38.7 Å². The number of carbonyl (C=O) groups excluding carboxylic acids is 1. The normalized spacial score (nSPS) is 12.0. The highest BCUT2D eigenvalue weighted by molar-refractivity contribution is 5.56. The Morgan fingerprint density at radius 1 is 1.58 bits per heavy atom. The molecule has 0 aromatic carbocycles. The van der Waals surface area contributed by atoms with Crippen LogP contribution >= 0.6 is 0 Å². The van der Waals surface area contributed by atoms with Crippen LogP contribution in [0.1, 0.15) is 32.6 Å². The number of nitrogens with zero attached hydrogens (tertiary/aromatic N) is 1. The molecule has 0 spiro atoms. The molecule has 0 rings (SSSR count). The van der Waals surface area contributed by atoms with Crippen LogP contribution in [0.3, 0.4) is 0 Å². The molecule has 0 saturated carbocycles. The molecule has 0 aliphatic carbocycles. The molecule has 0 radical (unpaired) electrons. The molecule has 12 heavy (non-hydrogen) atoms. The van der Waals surface area contributed by atoms with Gasteiger partial charge in [-0.1, -0.05) is 19.8 Å².